The Morgan fingerprint density at radius 2 is 2.00 bits per heavy atom. The molecule has 0 bridgehead atoms. The lowest BCUT2D eigenvalue weighted by atomic mass is 10.1. The zero-order valence-corrected chi connectivity index (χ0v) is 14.4. The van der Waals surface area contributed by atoms with Gasteiger partial charge in [0.25, 0.3) is 5.56 Å². The van der Waals surface area contributed by atoms with Gasteiger partial charge in [-0.15, -0.1) is 0 Å². The van der Waals surface area contributed by atoms with Gasteiger partial charge in [-0.2, -0.15) is 5.10 Å². The van der Waals surface area contributed by atoms with Gasteiger partial charge in [-0.1, -0.05) is 42.0 Å². The van der Waals surface area contributed by atoms with Gasteiger partial charge in [0.2, 0.25) is 5.91 Å². The van der Waals surface area contributed by atoms with Gasteiger partial charge >= 0.3 is 0 Å². The van der Waals surface area contributed by atoms with Gasteiger partial charge < -0.3 is 4.98 Å². The molecule has 0 radical (unpaired) electrons. The number of pyridine rings is 1. The summed E-state index contributed by atoms with van der Waals surface area (Å²) in [5.74, 6) is 0.105. The molecule has 3 aromatic rings. The Kier molecular flexibility index (Phi) is 4.13. The van der Waals surface area contributed by atoms with Crippen LogP contribution in [0.4, 0.5) is 0 Å². The summed E-state index contributed by atoms with van der Waals surface area (Å²) in [4.78, 5) is 27.2. The number of hydrogen-bond donors (Lipinski definition) is 2. The topological polar surface area (TPSA) is 74.3 Å². The predicted octanol–water partition coefficient (Wildman–Crippen LogP) is 3.09. The van der Waals surface area contributed by atoms with Crippen LogP contribution in [0, 0.1) is 12.8 Å². The van der Waals surface area contributed by atoms with Gasteiger partial charge in [0.1, 0.15) is 0 Å². The Morgan fingerprint density at radius 3 is 2.81 bits per heavy atom. The molecule has 130 valence electrons. The van der Waals surface area contributed by atoms with Crippen molar-refractivity contribution in [3.05, 3.63) is 81.6 Å². The van der Waals surface area contributed by atoms with Crippen molar-refractivity contribution in [3.8, 4) is 0 Å². The SMILES string of the molecule is Cc1ccc2[nH]c(=O)c(/C=N\NC(=O)[C@H]3C[C@@H]3c3ccccc3)cc2c1. The summed E-state index contributed by atoms with van der Waals surface area (Å²) < 4.78 is 0. The van der Waals surface area contributed by atoms with Gasteiger partial charge in [-0.25, -0.2) is 5.43 Å². The fourth-order valence-corrected chi connectivity index (χ4v) is 3.24. The lowest BCUT2D eigenvalue weighted by Gasteiger charge is -2.02. The highest BCUT2D eigenvalue weighted by molar-refractivity contribution is 5.89. The fourth-order valence-electron chi connectivity index (χ4n) is 3.24. The van der Waals surface area contributed by atoms with Crippen LogP contribution in [0.15, 0.2) is 64.5 Å². The van der Waals surface area contributed by atoms with E-state index in [1.807, 2.05) is 55.5 Å². The summed E-state index contributed by atoms with van der Waals surface area (Å²) in [6, 6.07) is 17.6. The van der Waals surface area contributed by atoms with E-state index in [9.17, 15) is 9.59 Å². The Labute approximate surface area is 150 Å². The summed E-state index contributed by atoms with van der Waals surface area (Å²) in [6.45, 7) is 2.00. The van der Waals surface area contributed by atoms with E-state index >= 15 is 0 Å². The molecule has 2 N–H and O–H groups in total. The first-order chi connectivity index (χ1) is 12.6. The smallest absolute Gasteiger partial charge is 0.257 e. The maximum absolute atomic E-state index is 12.2. The summed E-state index contributed by atoms with van der Waals surface area (Å²) in [5.41, 5.74) is 5.82. The summed E-state index contributed by atoms with van der Waals surface area (Å²) in [6.07, 6.45) is 2.24. The molecule has 2 atom stereocenters. The molecule has 4 rings (SSSR count). The first kappa shape index (κ1) is 16.3. The third-order valence-corrected chi connectivity index (χ3v) is 4.76. The third-order valence-electron chi connectivity index (χ3n) is 4.76. The molecule has 1 heterocycles. The molecular weight excluding hydrogens is 326 g/mol. The van der Waals surface area contributed by atoms with Gasteiger partial charge in [0.05, 0.1) is 11.8 Å². The van der Waals surface area contributed by atoms with Crippen LogP contribution in [-0.4, -0.2) is 17.1 Å². The zero-order chi connectivity index (χ0) is 18.1. The molecule has 0 saturated heterocycles. The van der Waals surface area contributed by atoms with Crippen LogP contribution in [0.25, 0.3) is 10.9 Å². The number of nitrogens with one attached hydrogen (secondary N) is 2. The molecule has 1 fully saturated rings. The molecule has 1 aliphatic carbocycles. The van der Waals surface area contributed by atoms with Crippen molar-refractivity contribution in [1.29, 1.82) is 0 Å². The number of amides is 1. The van der Waals surface area contributed by atoms with Crippen molar-refractivity contribution < 1.29 is 4.79 Å². The van der Waals surface area contributed by atoms with Crippen LogP contribution < -0.4 is 11.0 Å². The Morgan fingerprint density at radius 1 is 1.19 bits per heavy atom. The van der Waals surface area contributed by atoms with Gasteiger partial charge in [0, 0.05) is 11.4 Å². The molecule has 1 aromatic heterocycles. The quantitative estimate of drug-likeness (QED) is 0.563. The highest BCUT2D eigenvalue weighted by atomic mass is 16.2. The molecule has 1 saturated carbocycles. The maximum atomic E-state index is 12.2. The third kappa shape index (κ3) is 3.28. The number of hydrogen-bond acceptors (Lipinski definition) is 3. The van der Waals surface area contributed by atoms with E-state index in [1.165, 1.54) is 11.8 Å². The van der Waals surface area contributed by atoms with Crippen molar-refractivity contribution >= 4 is 23.0 Å². The number of H-pyrrole nitrogens is 1. The minimum Gasteiger partial charge on any atom is -0.321 e. The van der Waals surface area contributed by atoms with Crippen molar-refractivity contribution in [1.82, 2.24) is 10.4 Å². The molecule has 0 aliphatic heterocycles. The normalized spacial score (nSPS) is 19.0. The average molecular weight is 345 g/mol. The molecule has 1 aliphatic rings. The van der Waals surface area contributed by atoms with E-state index in [-0.39, 0.29) is 23.3 Å². The van der Waals surface area contributed by atoms with Crippen LogP contribution >= 0.6 is 0 Å². The minimum absolute atomic E-state index is 0.0490. The Balaban J connectivity index is 1.44. The first-order valence-electron chi connectivity index (χ1n) is 8.63. The molecule has 0 spiro atoms. The molecule has 5 nitrogen and oxygen atoms in total. The number of rotatable bonds is 4. The number of aryl methyl sites for hydroxylation is 1. The van der Waals surface area contributed by atoms with Gasteiger partial charge in [0.15, 0.2) is 0 Å². The molecule has 0 unspecified atom stereocenters. The number of aromatic amines is 1. The Bertz CT molecular complexity index is 1050. The van der Waals surface area contributed by atoms with Crippen LogP contribution in [0.3, 0.4) is 0 Å². The monoisotopic (exact) mass is 345 g/mol. The molecule has 1 amide bonds. The largest absolute Gasteiger partial charge is 0.321 e. The van der Waals surface area contributed by atoms with Crippen molar-refractivity contribution in [3.63, 3.8) is 0 Å². The number of benzene rings is 2. The first-order valence-corrected chi connectivity index (χ1v) is 8.63. The van der Waals surface area contributed by atoms with Crippen molar-refractivity contribution in [2.24, 2.45) is 11.0 Å². The number of carbonyl (C=O) groups is 1. The lowest BCUT2D eigenvalue weighted by Crippen LogP contribution is -2.21. The fraction of sp³-hybridized carbons (Fsp3) is 0.190. The van der Waals surface area contributed by atoms with Gasteiger partial charge in [-0.05, 0) is 48.4 Å². The van der Waals surface area contributed by atoms with E-state index in [0.29, 0.717) is 5.56 Å². The van der Waals surface area contributed by atoms with Crippen LogP contribution in [0.1, 0.15) is 29.0 Å². The van der Waals surface area contributed by atoms with Crippen molar-refractivity contribution in [2.45, 2.75) is 19.3 Å². The average Bonchev–Trinajstić information content (AvgIpc) is 3.44. The molecule has 5 heteroatoms. The highest BCUT2D eigenvalue weighted by Crippen LogP contribution is 2.47. The second-order valence-corrected chi connectivity index (χ2v) is 6.74. The van der Waals surface area contributed by atoms with Crippen LogP contribution in [-0.2, 0) is 4.79 Å². The van der Waals surface area contributed by atoms with Crippen LogP contribution in [0.5, 0.6) is 0 Å². The molecular formula is C21H19N3O2. The van der Waals surface area contributed by atoms with E-state index in [4.69, 9.17) is 0 Å². The highest BCUT2D eigenvalue weighted by Gasteiger charge is 2.43. The summed E-state index contributed by atoms with van der Waals surface area (Å²) in [5, 5.41) is 4.91. The summed E-state index contributed by atoms with van der Waals surface area (Å²) >= 11 is 0. The number of carbonyl (C=O) groups excluding carboxylic acids is 1. The summed E-state index contributed by atoms with van der Waals surface area (Å²) in [7, 11) is 0. The second-order valence-electron chi connectivity index (χ2n) is 6.74. The standard InChI is InChI=1S/C21H19N3O2/c1-13-7-8-19-15(9-13)10-16(20(25)23-19)12-22-24-21(26)18-11-17(18)14-5-3-2-4-6-14/h2-10,12,17-18H,11H2,1H3,(H,23,25)(H,24,26)/b22-12-/t17-,18+/m1/s1. The van der Waals surface area contributed by atoms with E-state index < -0.39 is 0 Å². The molecule has 26 heavy (non-hydrogen) atoms. The Hall–Kier alpha value is -3.21. The second kappa shape index (κ2) is 6.59. The van der Waals surface area contributed by atoms with E-state index in [1.54, 1.807) is 6.07 Å². The van der Waals surface area contributed by atoms with E-state index in [2.05, 4.69) is 15.5 Å². The van der Waals surface area contributed by atoms with Gasteiger partial charge in [-0.3, -0.25) is 9.59 Å². The number of hydrazone groups is 1. The molecule has 2 aromatic carbocycles. The number of aromatic nitrogens is 1. The predicted molar refractivity (Wildman–Crippen MR) is 102 cm³/mol. The lowest BCUT2D eigenvalue weighted by molar-refractivity contribution is -0.122. The zero-order valence-electron chi connectivity index (χ0n) is 14.4. The number of nitrogens with zero attached hydrogens (tertiary/aromatic N) is 1. The minimum atomic E-state index is -0.229. The van der Waals surface area contributed by atoms with Crippen LogP contribution in [0.2, 0.25) is 0 Å². The number of fused-ring (bicyclic) bond motifs is 1. The van der Waals surface area contributed by atoms with E-state index in [0.717, 1.165) is 22.9 Å². The maximum Gasteiger partial charge on any atom is 0.257 e. The van der Waals surface area contributed by atoms with Crippen molar-refractivity contribution in [2.75, 3.05) is 0 Å².